The fraction of sp³-hybridized carbons (Fsp3) is 0.364. The molecule has 0 aromatic heterocycles. The Bertz CT molecular complexity index is 875. The third-order valence-corrected chi connectivity index (χ3v) is 5.52. The van der Waals surface area contributed by atoms with E-state index in [9.17, 15) is 19.8 Å². The number of aliphatic carboxylic acids is 1. The minimum atomic E-state index is -1.18. The van der Waals surface area contributed by atoms with Crippen molar-refractivity contribution in [1.82, 2.24) is 10.6 Å². The number of phenolic OH excluding ortho intramolecular Hbond substituents is 1. The van der Waals surface area contributed by atoms with Gasteiger partial charge in [0.25, 0.3) is 5.91 Å². The zero-order valence-corrected chi connectivity index (χ0v) is 18.3. The maximum absolute atomic E-state index is 12.7. The number of benzene rings is 2. The Balaban J connectivity index is 2.13. The highest BCUT2D eigenvalue weighted by molar-refractivity contribution is 6.37. The predicted molar refractivity (Wildman–Crippen MR) is 119 cm³/mol. The molecular formula is C22H26Cl2N2O4. The lowest BCUT2D eigenvalue weighted by Crippen LogP contribution is -2.42. The molecule has 0 aliphatic heterocycles. The highest BCUT2D eigenvalue weighted by Crippen LogP contribution is 2.37. The van der Waals surface area contributed by atoms with Crippen LogP contribution in [0.25, 0.3) is 0 Å². The van der Waals surface area contributed by atoms with Crippen molar-refractivity contribution in [2.45, 2.75) is 38.1 Å². The fourth-order valence-electron chi connectivity index (χ4n) is 3.12. The Morgan fingerprint density at radius 1 is 1.10 bits per heavy atom. The maximum Gasteiger partial charge on any atom is 0.326 e. The first-order valence-corrected chi connectivity index (χ1v) is 10.5. The summed E-state index contributed by atoms with van der Waals surface area (Å²) >= 11 is 12.6. The van der Waals surface area contributed by atoms with E-state index in [2.05, 4.69) is 10.6 Å². The molecule has 1 atom stereocenters. The van der Waals surface area contributed by atoms with Crippen LogP contribution in [0.2, 0.25) is 10.0 Å². The van der Waals surface area contributed by atoms with Crippen molar-refractivity contribution >= 4 is 35.1 Å². The van der Waals surface area contributed by atoms with Gasteiger partial charge < -0.3 is 20.8 Å². The van der Waals surface area contributed by atoms with Gasteiger partial charge in [0.05, 0.1) is 10.6 Å². The molecule has 1 amide bonds. The Morgan fingerprint density at radius 2 is 1.80 bits per heavy atom. The van der Waals surface area contributed by atoms with Crippen LogP contribution in [0.1, 0.15) is 40.7 Å². The van der Waals surface area contributed by atoms with Crippen molar-refractivity contribution in [2.24, 2.45) is 0 Å². The number of hydrogen-bond acceptors (Lipinski definition) is 4. The van der Waals surface area contributed by atoms with E-state index in [0.29, 0.717) is 12.0 Å². The molecule has 0 bridgehead atoms. The highest BCUT2D eigenvalue weighted by Gasteiger charge is 2.25. The van der Waals surface area contributed by atoms with E-state index >= 15 is 0 Å². The number of carbonyl (C=O) groups excluding carboxylic acids is 1. The molecule has 0 aliphatic rings. The van der Waals surface area contributed by atoms with Gasteiger partial charge in [-0.15, -0.1) is 0 Å². The fourth-order valence-corrected chi connectivity index (χ4v) is 3.76. The minimum absolute atomic E-state index is 0.0243. The van der Waals surface area contributed by atoms with E-state index in [4.69, 9.17) is 23.2 Å². The number of unbranched alkanes of at least 4 members (excludes halogenated alkanes) is 2. The summed E-state index contributed by atoms with van der Waals surface area (Å²) in [5.41, 5.74) is 1.19. The summed E-state index contributed by atoms with van der Waals surface area (Å²) in [4.78, 5) is 24.3. The minimum Gasteiger partial charge on any atom is -0.506 e. The summed E-state index contributed by atoms with van der Waals surface area (Å²) in [6.45, 7) is 0.916. The average molecular weight is 453 g/mol. The summed E-state index contributed by atoms with van der Waals surface area (Å²) in [5, 5.41) is 25.7. The topological polar surface area (TPSA) is 98.7 Å². The molecule has 0 radical (unpaired) electrons. The zero-order valence-electron chi connectivity index (χ0n) is 16.8. The number of nitrogens with one attached hydrogen (secondary N) is 2. The summed E-state index contributed by atoms with van der Waals surface area (Å²) in [7, 11) is 1.89. The van der Waals surface area contributed by atoms with Gasteiger partial charge in [0, 0.05) is 11.4 Å². The number of hydrogen-bond donors (Lipinski definition) is 4. The number of carboxylic acids is 1. The number of carbonyl (C=O) groups is 2. The van der Waals surface area contributed by atoms with Crippen molar-refractivity contribution in [2.75, 3.05) is 13.6 Å². The molecule has 0 heterocycles. The second-order valence-corrected chi connectivity index (χ2v) is 7.80. The first kappa shape index (κ1) is 24.0. The summed E-state index contributed by atoms with van der Waals surface area (Å²) in [6, 6.07) is 9.13. The molecule has 0 spiro atoms. The van der Waals surface area contributed by atoms with Gasteiger partial charge in [-0.1, -0.05) is 60.0 Å². The monoisotopic (exact) mass is 452 g/mol. The molecule has 2 rings (SSSR count). The van der Waals surface area contributed by atoms with Gasteiger partial charge in [-0.3, -0.25) is 4.79 Å². The van der Waals surface area contributed by atoms with E-state index in [1.807, 2.05) is 13.1 Å². The predicted octanol–water partition coefficient (Wildman–Crippen LogP) is 4.06. The van der Waals surface area contributed by atoms with Crippen LogP contribution in [0.15, 0.2) is 36.4 Å². The molecular weight excluding hydrogens is 427 g/mol. The van der Waals surface area contributed by atoms with E-state index < -0.39 is 23.7 Å². The van der Waals surface area contributed by atoms with Crippen LogP contribution in [-0.2, 0) is 17.6 Å². The van der Waals surface area contributed by atoms with Crippen LogP contribution < -0.4 is 10.6 Å². The van der Waals surface area contributed by atoms with Crippen molar-refractivity contribution < 1.29 is 19.8 Å². The first-order valence-electron chi connectivity index (χ1n) is 9.77. The smallest absolute Gasteiger partial charge is 0.326 e. The van der Waals surface area contributed by atoms with Gasteiger partial charge in [-0.2, -0.15) is 0 Å². The molecule has 30 heavy (non-hydrogen) atoms. The molecule has 1 unspecified atom stereocenters. The highest BCUT2D eigenvalue weighted by atomic mass is 35.5. The Kier molecular flexibility index (Phi) is 9.43. The molecule has 0 saturated carbocycles. The SMILES string of the molecule is CNCCCCCc1c(Cl)cc(C(=O)NC(Cc2ccccc2)C(=O)O)c(O)c1Cl. The summed E-state index contributed by atoms with van der Waals surface area (Å²) in [5.74, 6) is -2.32. The summed E-state index contributed by atoms with van der Waals surface area (Å²) in [6.07, 6.45) is 3.49. The number of carboxylic acid groups (broad SMARTS) is 1. The molecule has 2 aromatic rings. The van der Waals surface area contributed by atoms with Crippen LogP contribution in [0.3, 0.4) is 0 Å². The quantitative estimate of drug-likeness (QED) is 0.385. The largest absolute Gasteiger partial charge is 0.506 e. The second kappa shape index (κ2) is 11.8. The number of phenols is 1. The van der Waals surface area contributed by atoms with Crippen LogP contribution in [0.4, 0.5) is 0 Å². The molecule has 6 nitrogen and oxygen atoms in total. The lowest BCUT2D eigenvalue weighted by molar-refractivity contribution is -0.139. The van der Waals surface area contributed by atoms with Crippen LogP contribution in [0, 0.1) is 0 Å². The van der Waals surface area contributed by atoms with Crippen molar-refractivity contribution in [3.05, 3.63) is 63.1 Å². The van der Waals surface area contributed by atoms with Gasteiger partial charge in [-0.05, 0) is 50.0 Å². The normalized spacial score (nSPS) is 11.8. The van der Waals surface area contributed by atoms with Gasteiger partial charge in [-0.25, -0.2) is 4.79 Å². The molecule has 8 heteroatoms. The van der Waals surface area contributed by atoms with Crippen LogP contribution in [-0.4, -0.2) is 41.7 Å². The molecule has 2 aromatic carbocycles. The van der Waals surface area contributed by atoms with Gasteiger partial charge in [0.2, 0.25) is 0 Å². The lowest BCUT2D eigenvalue weighted by Gasteiger charge is -2.17. The van der Waals surface area contributed by atoms with E-state index in [1.54, 1.807) is 24.3 Å². The number of halogens is 2. The number of amides is 1. The third kappa shape index (κ3) is 6.62. The van der Waals surface area contributed by atoms with E-state index in [-0.39, 0.29) is 22.0 Å². The first-order chi connectivity index (χ1) is 14.3. The van der Waals surface area contributed by atoms with Gasteiger partial charge in [0.15, 0.2) is 0 Å². The Labute approximate surface area is 186 Å². The van der Waals surface area contributed by atoms with Crippen LogP contribution >= 0.6 is 23.2 Å². The average Bonchev–Trinajstić information content (AvgIpc) is 2.72. The standard InChI is InChI=1S/C22H26Cl2N2O4/c1-25-11-7-3-6-10-15-17(23)13-16(20(27)19(15)24)21(28)26-18(22(29)30)12-14-8-4-2-5-9-14/h2,4-5,8-9,13,18,25,27H,3,6-7,10-12H2,1H3,(H,26,28)(H,29,30). The third-order valence-electron chi connectivity index (χ3n) is 4.77. The molecule has 0 fully saturated rings. The van der Waals surface area contributed by atoms with E-state index in [1.165, 1.54) is 6.07 Å². The van der Waals surface area contributed by atoms with Gasteiger partial charge >= 0.3 is 5.97 Å². The molecule has 0 saturated heterocycles. The Morgan fingerprint density at radius 3 is 2.43 bits per heavy atom. The summed E-state index contributed by atoms with van der Waals surface area (Å²) < 4.78 is 0. The Hall–Kier alpha value is -2.28. The van der Waals surface area contributed by atoms with Crippen molar-refractivity contribution in [3.63, 3.8) is 0 Å². The maximum atomic E-state index is 12.7. The van der Waals surface area contributed by atoms with E-state index in [0.717, 1.165) is 31.4 Å². The zero-order chi connectivity index (χ0) is 22.1. The second-order valence-electron chi connectivity index (χ2n) is 7.02. The molecule has 162 valence electrons. The molecule has 0 aliphatic carbocycles. The van der Waals surface area contributed by atoms with Crippen molar-refractivity contribution in [3.8, 4) is 5.75 Å². The van der Waals surface area contributed by atoms with Crippen molar-refractivity contribution in [1.29, 1.82) is 0 Å². The molecule has 4 N–H and O–H groups in total. The van der Waals surface area contributed by atoms with Gasteiger partial charge in [0.1, 0.15) is 11.8 Å². The number of aromatic hydroxyl groups is 1. The van der Waals surface area contributed by atoms with Crippen LogP contribution in [0.5, 0.6) is 5.75 Å². The number of rotatable bonds is 11. The lowest BCUT2D eigenvalue weighted by atomic mass is 10.0.